The smallest absolute Gasteiger partial charge is 0.264 e. The van der Waals surface area contributed by atoms with Gasteiger partial charge in [0.05, 0.1) is 37.6 Å². The third kappa shape index (κ3) is 6.21. The standard InChI is InChI=1S/C29H32N4O6S/c1-38-26-10-6-5-9-24(26)31-40(36,37)27-18-23(11-12-25(27)32-13-15-39-16-14-32)30-29(35)22-17-28(34)33(20-22)19-21-7-3-2-4-8-21/h2-12,18,22,31H,13-17,19-20H2,1H3,(H,30,35)/t22-/m0/s1. The fourth-order valence-corrected chi connectivity index (χ4v) is 6.27. The Kier molecular flexibility index (Phi) is 8.22. The minimum atomic E-state index is -4.08. The molecule has 3 aromatic carbocycles. The van der Waals surface area contributed by atoms with Crippen LogP contribution in [0.2, 0.25) is 0 Å². The SMILES string of the molecule is COc1ccccc1NS(=O)(=O)c1cc(NC(=O)[C@H]2CC(=O)N(Cc3ccccc3)C2)ccc1N1CCOCC1. The van der Waals surface area contributed by atoms with Gasteiger partial charge >= 0.3 is 0 Å². The van der Waals surface area contributed by atoms with Crippen molar-refractivity contribution in [2.75, 3.05) is 54.9 Å². The molecular weight excluding hydrogens is 532 g/mol. The summed E-state index contributed by atoms with van der Waals surface area (Å²) in [5.74, 6) is -0.573. The molecule has 2 amide bonds. The molecule has 2 heterocycles. The zero-order valence-corrected chi connectivity index (χ0v) is 23.0. The Bertz CT molecular complexity index is 1470. The van der Waals surface area contributed by atoms with Gasteiger partial charge in [-0.3, -0.25) is 14.3 Å². The monoisotopic (exact) mass is 564 g/mol. The molecule has 0 unspecified atom stereocenters. The Morgan fingerprint density at radius 3 is 2.50 bits per heavy atom. The molecule has 3 aromatic rings. The van der Waals surface area contributed by atoms with Gasteiger partial charge in [0.25, 0.3) is 10.0 Å². The van der Waals surface area contributed by atoms with E-state index in [2.05, 4.69) is 10.0 Å². The van der Waals surface area contributed by atoms with Crippen LogP contribution in [0.15, 0.2) is 77.7 Å². The van der Waals surface area contributed by atoms with Crippen molar-refractivity contribution in [3.05, 3.63) is 78.4 Å². The molecule has 40 heavy (non-hydrogen) atoms. The lowest BCUT2D eigenvalue weighted by atomic mass is 10.1. The van der Waals surface area contributed by atoms with E-state index >= 15 is 0 Å². The number of nitrogens with one attached hydrogen (secondary N) is 2. The third-order valence-electron chi connectivity index (χ3n) is 7.02. The molecule has 2 saturated heterocycles. The highest BCUT2D eigenvalue weighted by Crippen LogP contribution is 2.33. The zero-order chi connectivity index (χ0) is 28.1. The third-order valence-corrected chi connectivity index (χ3v) is 8.42. The highest BCUT2D eigenvalue weighted by Gasteiger charge is 2.34. The first-order chi connectivity index (χ1) is 19.3. The molecule has 5 rings (SSSR count). The van der Waals surface area contributed by atoms with Crippen LogP contribution in [0.4, 0.5) is 17.1 Å². The predicted molar refractivity (Wildman–Crippen MR) is 152 cm³/mol. The quantitative estimate of drug-likeness (QED) is 0.410. The lowest BCUT2D eigenvalue weighted by Crippen LogP contribution is -2.37. The van der Waals surface area contributed by atoms with E-state index in [4.69, 9.17) is 9.47 Å². The summed E-state index contributed by atoms with van der Waals surface area (Å²) in [7, 11) is -2.61. The second kappa shape index (κ2) is 12.0. The summed E-state index contributed by atoms with van der Waals surface area (Å²) in [6.45, 7) is 2.76. The van der Waals surface area contributed by atoms with E-state index < -0.39 is 15.9 Å². The van der Waals surface area contributed by atoms with Crippen LogP contribution in [0.5, 0.6) is 5.75 Å². The van der Waals surface area contributed by atoms with Crippen molar-refractivity contribution in [1.82, 2.24) is 4.90 Å². The van der Waals surface area contributed by atoms with Crippen molar-refractivity contribution in [2.24, 2.45) is 5.92 Å². The Morgan fingerprint density at radius 2 is 1.75 bits per heavy atom. The van der Waals surface area contributed by atoms with Crippen molar-refractivity contribution in [1.29, 1.82) is 0 Å². The highest BCUT2D eigenvalue weighted by molar-refractivity contribution is 7.93. The molecule has 11 heteroatoms. The average molecular weight is 565 g/mol. The van der Waals surface area contributed by atoms with E-state index in [9.17, 15) is 18.0 Å². The Morgan fingerprint density at radius 1 is 1.02 bits per heavy atom. The Hall–Kier alpha value is -4.09. The molecule has 210 valence electrons. The summed E-state index contributed by atoms with van der Waals surface area (Å²) in [5, 5.41) is 2.84. The number of anilines is 3. The predicted octanol–water partition coefficient (Wildman–Crippen LogP) is 3.32. The summed E-state index contributed by atoms with van der Waals surface area (Å²) < 4.78 is 40.8. The number of para-hydroxylation sites is 2. The van der Waals surface area contributed by atoms with Crippen molar-refractivity contribution in [3.8, 4) is 5.75 Å². The number of ether oxygens (including phenoxy) is 2. The first-order valence-corrected chi connectivity index (χ1v) is 14.6. The normalized spacial score (nSPS) is 17.5. The van der Waals surface area contributed by atoms with Gasteiger partial charge in [0.2, 0.25) is 11.8 Å². The molecule has 1 atom stereocenters. The molecule has 2 aliphatic rings. The maximum absolute atomic E-state index is 13.7. The van der Waals surface area contributed by atoms with Crippen molar-refractivity contribution in [3.63, 3.8) is 0 Å². The molecule has 2 N–H and O–H groups in total. The van der Waals surface area contributed by atoms with Gasteiger partial charge in [-0.15, -0.1) is 0 Å². The number of methoxy groups -OCH3 is 1. The molecule has 0 bridgehead atoms. The number of hydrogen-bond donors (Lipinski definition) is 2. The van der Waals surface area contributed by atoms with Gasteiger partial charge in [0, 0.05) is 38.3 Å². The van der Waals surface area contributed by atoms with Gasteiger partial charge in [0.15, 0.2) is 0 Å². The summed E-state index contributed by atoms with van der Waals surface area (Å²) in [6, 6.07) is 21.2. The number of morpholine rings is 1. The van der Waals surface area contributed by atoms with Gasteiger partial charge in [-0.1, -0.05) is 42.5 Å². The minimum absolute atomic E-state index is 0.0197. The molecule has 10 nitrogen and oxygen atoms in total. The minimum Gasteiger partial charge on any atom is -0.495 e. The number of sulfonamides is 1. The number of carbonyl (C=O) groups excluding carboxylic acids is 2. The lowest BCUT2D eigenvalue weighted by Gasteiger charge is -2.30. The summed E-state index contributed by atoms with van der Waals surface area (Å²) in [4.78, 5) is 29.4. The van der Waals surface area contributed by atoms with E-state index in [1.807, 2.05) is 35.2 Å². The fraction of sp³-hybridized carbons (Fsp3) is 0.310. The average Bonchev–Trinajstić information content (AvgIpc) is 3.34. The van der Waals surface area contributed by atoms with E-state index in [1.165, 1.54) is 13.2 Å². The van der Waals surface area contributed by atoms with Gasteiger partial charge in [-0.25, -0.2) is 8.42 Å². The number of rotatable bonds is 9. The van der Waals surface area contributed by atoms with Crippen LogP contribution >= 0.6 is 0 Å². The van der Waals surface area contributed by atoms with Gasteiger partial charge in [0.1, 0.15) is 10.6 Å². The molecule has 0 aromatic heterocycles. The van der Waals surface area contributed by atoms with Crippen molar-refractivity contribution >= 4 is 38.9 Å². The molecule has 0 spiro atoms. The van der Waals surface area contributed by atoms with E-state index in [1.54, 1.807) is 41.3 Å². The van der Waals surface area contributed by atoms with Gasteiger partial charge in [-0.2, -0.15) is 0 Å². The Balaban J connectivity index is 1.37. The van der Waals surface area contributed by atoms with Gasteiger partial charge < -0.3 is 24.6 Å². The second-order valence-electron chi connectivity index (χ2n) is 9.74. The summed E-state index contributed by atoms with van der Waals surface area (Å²) >= 11 is 0. The molecule has 2 aliphatic heterocycles. The zero-order valence-electron chi connectivity index (χ0n) is 22.2. The first-order valence-electron chi connectivity index (χ1n) is 13.1. The second-order valence-corrected chi connectivity index (χ2v) is 11.4. The number of likely N-dealkylation sites (tertiary alicyclic amines) is 1. The van der Waals surface area contributed by atoms with Crippen LogP contribution in [0.3, 0.4) is 0 Å². The van der Waals surface area contributed by atoms with E-state index in [-0.39, 0.29) is 23.1 Å². The molecule has 2 fully saturated rings. The lowest BCUT2D eigenvalue weighted by molar-refractivity contribution is -0.128. The number of nitrogens with zero attached hydrogens (tertiary/aromatic N) is 2. The maximum Gasteiger partial charge on any atom is 0.264 e. The number of carbonyl (C=O) groups is 2. The van der Waals surface area contributed by atoms with Crippen LogP contribution in [0, 0.1) is 5.92 Å². The molecule has 0 radical (unpaired) electrons. The fourth-order valence-electron chi connectivity index (χ4n) is 4.95. The maximum atomic E-state index is 13.7. The van der Waals surface area contributed by atoms with Crippen LogP contribution < -0.4 is 19.7 Å². The highest BCUT2D eigenvalue weighted by atomic mass is 32.2. The van der Waals surface area contributed by atoms with Crippen molar-refractivity contribution in [2.45, 2.75) is 17.9 Å². The Labute approximate surface area is 233 Å². The van der Waals surface area contributed by atoms with Gasteiger partial charge in [-0.05, 0) is 35.9 Å². The largest absolute Gasteiger partial charge is 0.495 e. The molecular formula is C29H32N4O6S. The van der Waals surface area contributed by atoms with Crippen molar-refractivity contribution < 1.29 is 27.5 Å². The summed E-state index contributed by atoms with van der Waals surface area (Å²) in [6.07, 6.45) is 0.102. The number of benzene rings is 3. The molecule has 0 aliphatic carbocycles. The molecule has 0 saturated carbocycles. The van der Waals surface area contributed by atoms with Crippen LogP contribution in [0.25, 0.3) is 0 Å². The van der Waals surface area contributed by atoms with E-state index in [0.29, 0.717) is 62.2 Å². The number of amides is 2. The van der Waals surface area contributed by atoms with Crippen LogP contribution in [0.1, 0.15) is 12.0 Å². The van der Waals surface area contributed by atoms with Crippen LogP contribution in [-0.4, -0.2) is 65.1 Å². The topological polar surface area (TPSA) is 117 Å². The first kappa shape index (κ1) is 27.5. The van der Waals surface area contributed by atoms with Crippen LogP contribution in [-0.2, 0) is 30.9 Å². The summed E-state index contributed by atoms with van der Waals surface area (Å²) in [5.41, 5.74) is 2.13. The number of hydrogen-bond acceptors (Lipinski definition) is 7. The van der Waals surface area contributed by atoms with E-state index in [0.717, 1.165) is 5.56 Å².